The number of aliphatic hydroxyl groups excluding tert-OH is 1. The summed E-state index contributed by atoms with van der Waals surface area (Å²) in [6, 6.07) is 7.48. The van der Waals surface area contributed by atoms with E-state index in [1.54, 1.807) is 26.8 Å². The number of alkyl halides is 3. The van der Waals surface area contributed by atoms with Gasteiger partial charge in [-0.1, -0.05) is 12.1 Å². The van der Waals surface area contributed by atoms with Gasteiger partial charge in [0.25, 0.3) is 5.91 Å². The van der Waals surface area contributed by atoms with E-state index in [1.807, 2.05) is 17.0 Å². The molecule has 3 fully saturated rings. The highest BCUT2D eigenvalue weighted by atomic mass is 19.4. The Labute approximate surface area is 217 Å². The molecule has 8 nitrogen and oxygen atoms in total. The van der Waals surface area contributed by atoms with E-state index in [2.05, 4.69) is 4.98 Å². The summed E-state index contributed by atoms with van der Waals surface area (Å²) in [5.41, 5.74) is 0.323. The van der Waals surface area contributed by atoms with Gasteiger partial charge < -0.3 is 24.7 Å². The third-order valence-electron chi connectivity index (χ3n) is 7.51. The number of β-amino-alcohol motifs (C(OH)–C–C–N with tert-alkyl or cyclic N) is 1. The monoisotopic (exact) mass is 535 g/mol. The van der Waals surface area contributed by atoms with Crippen molar-refractivity contribution in [3.05, 3.63) is 59.0 Å². The summed E-state index contributed by atoms with van der Waals surface area (Å²) in [5, 5.41) is 9.66. The Hall–Kier alpha value is -3.41. The van der Waals surface area contributed by atoms with Gasteiger partial charge in [-0.05, 0) is 43.0 Å². The van der Waals surface area contributed by atoms with Crippen LogP contribution >= 0.6 is 0 Å². The molecule has 0 aliphatic carbocycles. The number of aliphatic hydroxyl groups is 1. The first-order valence-electron chi connectivity index (χ1n) is 12.7. The van der Waals surface area contributed by atoms with Crippen LogP contribution in [0.15, 0.2) is 36.5 Å². The van der Waals surface area contributed by atoms with Gasteiger partial charge in [-0.15, -0.1) is 0 Å². The van der Waals surface area contributed by atoms with Crippen molar-refractivity contribution >= 4 is 17.8 Å². The number of aromatic nitrogens is 1. The standard InChI is InChI=1S/C26H29F4N5O3/c27-22-13-19(26(28,29)30)14-31-23(22)32-8-5-20(6-9-32)35-12-11-34(25(35)38)15-17-1-3-18(4-2-17)24(37)33-10-7-21(36)16-33/h1-4,13-14,20-21,36H,5-12,15-16H2/t21-/m1/s1. The molecule has 2 aromatic rings. The molecule has 38 heavy (non-hydrogen) atoms. The number of benzene rings is 1. The Bertz CT molecular complexity index is 1180. The maximum Gasteiger partial charge on any atom is 0.417 e. The first kappa shape index (κ1) is 26.2. The second-order valence-corrected chi connectivity index (χ2v) is 10.0. The maximum absolute atomic E-state index is 14.3. The summed E-state index contributed by atoms with van der Waals surface area (Å²) >= 11 is 0. The largest absolute Gasteiger partial charge is 0.417 e. The highest BCUT2D eigenvalue weighted by Gasteiger charge is 2.37. The molecule has 3 aliphatic heterocycles. The highest BCUT2D eigenvalue weighted by molar-refractivity contribution is 5.94. The number of piperidine rings is 1. The van der Waals surface area contributed by atoms with Crippen molar-refractivity contribution in [1.82, 2.24) is 19.7 Å². The van der Waals surface area contributed by atoms with Crippen molar-refractivity contribution in [2.75, 3.05) is 44.2 Å². The zero-order valence-electron chi connectivity index (χ0n) is 20.7. The Morgan fingerprint density at radius 1 is 1.03 bits per heavy atom. The molecule has 1 atom stereocenters. The Balaban J connectivity index is 1.14. The minimum absolute atomic E-state index is 0.0444. The van der Waals surface area contributed by atoms with Gasteiger partial charge in [-0.25, -0.2) is 14.2 Å². The van der Waals surface area contributed by atoms with Crippen molar-refractivity contribution in [1.29, 1.82) is 0 Å². The van der Waals surface area contributed by atoms with Crippen LogP contribution in [0.25, 0.3) is 0 Å². The van der Waals surface area contributed by atoms with Crippen LogP contribution < -0.4 is 4.90 Å². The van der Waals surface area contributed by atoms with Crippen LogP contribution in [0.1, 0.15) is 40.7 Å². The van der Waals surface area contributed by atoms with E-state index < -0.39 is 23.7 Å². The zero-order chi connectivity index (χ0) is 27.0. The van der Waals surface area contributed by atoms with Crippen LogP contribution in [0.5, 0.6) is 0 Å². The molecule has 0 unspecified atom stereocenters. The lowest BCUT2D eigenvalue weighted by Crippen LogP contribution is -2.47. The summed E-state index contributed by atoms with van der Waals surface area (Å²) in [4.78, 5) is 36.2. The van der Waals surface area contributed by atoms with Crippen LogP contribution in [0.3, 0.4) is 0 Å². The summed E-state index contributed by atoms with van der Waals surface area (Å²) in [7, 11) is 0. The molecule has 1 aromatic heterocycles. The molecule has 0 spiro atoms. The number of anilines is 1. The van der Waals surface area contributed by atoms with E-state index >= 15 is 0 Å². The number of pyridine rings is 1. The molecule has 12 heteroatoms. The summed E-state index contributed by atoms with van der Waals surface area (Å²) < 4.78 is 52.8. The Kier molecular flexibility index (Phi) is 7.17. The first-order chi connectivity index (χ1) is 18.1. The van der Waals surface area contributed by atoms with Gasteiger partial charge >= 0.3 is 12.2 Å². The molecule has 3 saturated heterocycles. The fourth-order valence-corrected chi connectivity index (χ4v) is 5.38. The molecule has 1 N–H and O–H groups in total. The molecule has 3 amide bonds. The fourth-order valence-electron chi connectivity index (χ4n) is 5.38. The average Bonchev–Trinajstić information content (AvgIpc) is 3.49. The van der Waals surface area contributed by atoms with Crippen molar-refractivity contribution in [3.8, 4) is 0 Å². The molecule has 0 radical (unpaired) electrons. The van der Waals surface area contributed by atoms with Crippen LogP contribution in [-0.2, 0) is 12.7 Å². The van der Waals surface area contributed by atoms with Crippen LogP contribution in [0, 0.1) is 5.82 Å². The van der Waals surface area contributed by atoms with Gasteiger partial charge in [0.2, 0.25) is 0 Å². The minimum Gasteiger partial charge on any atom is -0.391 e. The molecule has 4 heterocycles. The number of halogens is 4. The van der Waals surface area contributed by atoms with Crippen LogP contribution in [-0.4, -0.2) is 88.1 Å². The van der Waals surface area contributed by atoms with E-state index in [9.17, 15) is 32.3 Å². The lowest BCUT2D eigenvalue weighted by atomic mass is 10.0. The summed E-state index contributed by atoms with van der Waals surface area (Å²) in [5.74, 6) is -1.23. The first-order valence-corrected chi connectivity index (χ1v) is 12.7. The molecule has 0 saturated carbocycles. The molecule has 204 valence electrons. The normalized spacial score (nSPS) is 21.1. The van der Waals surface area contributed by atoms with Crippen LogP contribution in [0.2, 0.25) is 0 Å². The van der Waals surface area contributed by atoms with E-state index in [1.165, 1.54) is 0 Å². The smallest absolute Gasteiger partial charge is 0.391 e. The molecule has 0 bridgehead atoms. The third kappa shape index (κ3) is 5.40. The summed E-state index contributed by atoms with van der Waals surface area (Å²) in [6.45, 7) is 3.17. The molecular formula is C26H29F4N5O3. The number of hydrogen-bond acceptors (Lipinski definition) is 5. The minimum atomic E-state index is -4.65. The maximum atomic E-state index is 14.3. The molecular weight excluding hydrogens is 506 g/mol. The van der Waals surface area contributed by atoms with E-state index in [0.717, 1.165) is 5.56 Å². The lowest BCUT2D eigenvalue weighted by Gasteiger charge is -2.37. The van der Waals surface area contributed by atoms with Gasteiger partial charge in [0.15, 0.2) is 11.6 Å². The van der Waals surface area contributed by atoms with Gasteiger partial charge in [-0.2, -0.15) is 13.2 Å². The van der Waals surface area contributed by atoms with Gasteiger partial charge in [0.1, 0.15) is 0 Å². The average molecular weight is 536 g/mol. The predicted molar refractivity (Wildman–Crippen MR) is 130 cm³/mol. The Morgan fingerprint density at radius 3 is 2.34 bits per heavy atom. The van der Waals surface area contributed by atoms with E-state index in [-0.39, 0.29) is 23.8 Å². The van der Waals surface area contributed by atoms with Crippen LogP contribution in [0.4, 0.5) is 28.2 Å². The predicted octanol–water partition coefficient (Wildman–Crippen LogP) is 3.35. The topological polar surface area (TPSA) is 80.2 Å². The zero-order valence-corrected chi connectivity index (χ0v) is 20.7. The third-order valence-corrected chi connectivity index (χ3v) is 7.51. The number of carbonyl (C=O) groups is 2. The number of rotatable bonds is 5. The number of hydrogen-bond donors (Lipinski definition) is 1. The molecule has 5 rings (SSSR count). The van der Waals surface area contributed by atoms with Gasteiger partial charge in [-0.3, -0.25) is 4.79 Å². The lowest BCUT2D eigenvalue weighted by molar-refractivity contribution is -0.138. The van der Waals surface area contributed by atoms with Gasteiger partial charge in [0.05, 0.1) is 11.7 Å². The van der Waals surface area contributed by atoms with E-state index in [4.69, 9.17) is 0 Å². The number of urea groups is 1. The SMILES string of the molecule is O=C(c1ccc(CN2CCN(C3CCN(c4ncc(C(F)(F)F)cc4F)CC3)C2=O)cc1)N1CC[C@@H](O)C1. The van der Waals surface area contributed by atoms with Crippen molar-refractivity contribution in [3.63, 3.8) is 0 Å². The highest BCUT2D eigenvalue weighted by Crippen LogP contribution is 2.32. The second-order valence-electron chi connectivity index (χ2n) is 10.0. The second kappa shape index (κ2) is 10.4. The number of likely N-dealkylation sites (tertiary alicyclic amines) is 1. The number of amides is 3. The quantitative estimate of drug-likeness (QED) is 0.595. The number of nitrogens with zero attached hydrogens (tertiary/aromatic N) is 5. The van der Waals surface area contributed by atoms with Gasteiger partial charge in [0, 0.05) is 63.6 Å². The number of carbonyl (C=O) groups excluding carboxylic acids is 2. The van der Waals surface area contributed by atoms with E-state index in [0.29, 0.717) is 82.9 Å². The van der Waals surface area contributed by atoms with Crippen molar-refractivity contribution in [2.45, 2.75) is 44.1 Å². The molecule has 1 aromatic carbocycles. The molecule has 3 aliphatic rings. The van der Waals surface area contributed by atoms with Crippen molar-refractivity contribution in [2.24, 2.45) is 0 Å². The summed E-state index contributed by atoms with van der Waals surface area (Å²) in [6.07, 6.45) is -2.78. The fraction of sp³-hybridized carbons (Fsp3) is 0.500. The van der Waals surface area contributed by atoms with Crippen molar-refractivity contribution < 1.29 is 32.3 Å². The Morgan fingerprint density at radius 2 is 1.74 bits per heavy atom.